The molecule has 0 bridgehead atoms. The molecule has 21 heavy (non-hydrogen) atoms. The van der Waals surface area contributed by atoms with E-state index in [9.17, 15) is 8.42 Å². The fourth-order valence-corrected chi connectivity index (χ4v) is 3.57. The van der Waals surface area contributed by atoms with Gasteiger partial charge in [0, 0.05) is 17.3 Å². The average Bonchev–Trinajstić information content (AvgIpc) is 2.46. The molecule has 1 aromatic carbocycles. The number of aromatic nitrogens is 1. The van der Waals surface area contributed by atoms with Gasteiger partial charge in [0.15, 0.2) is 0 Å². The van der Waals surface area contributed by atoms with Gasteiger partial charge in [0.2, 0.25) is 10.0 Å². The molecular formula is C14H14Cl2N2O2S. The third kappa shape index (κ3) is 4.17. The van der Waals surface area contributed by atoms with E-state index >= 15 is 0 Å². The van der Waals surface area contributed by atoms with Crippen LogP contribution in [0.3, 0.4) is 0 Å². The van der Waals surface area contributed by atoms with Crippen LogP contribution in [0.25, 0.3) is 0 Å². The second kappa shape index (κ2) is 6.75. The van der Waals surface area contributed by atoms with Crippen LogP contribution in [0.5, 0.6) is 0 Å². The predicted molar refractivity (Wildman–Crippen MR) is 84.1 cm³/mol. The minimum Gasteiger partial charge on any atom is -0.244 e. The molecule has 112 valence electrons. The smallest absolute Gasteiger partial charge is 0.241 e. The standard InChI is InChI=1S/C14H14Cl2N2O2S/c1-2-13(10-3-5-11(15)6-4-10)18-21(19,20)12-7-8-17-14(16)9-12/h3-9,13,18H,2H2,1H3. The number of sulfonamides is 1. The van der Waals surface area contributed by atoms with Gasteiger partial charge < -0.3 is 0 Å². The third-order valence-corrected chi connectivity index (χ3v) is 4.91. The maximum absolute atomic E-state index is 12.4. The van der Waals surface area contributed by atoms with Crippen LogP contribution >= 0.6 is 23.2 Å². The summed E-state index contributed by atoms with van der Waals surface area (Å²) in [6, 6.07) is 9.46. The highest BCUT2D eigenvalue weighted by atomic mass is 35.5. The number of nitrogens with zero attached hydrogens (tertiary/aromatic N) is 1. The van der Waals surface area contributed by atoms with Crippen LogP contribution in [0.1, 0.15) is 24.9 Å². The van der Waals surface area contributed by atoms with E-state index in [1.807, 2.05) is 6.92 Å². The Morgan fingerprint density at radius 2 is 1.86 bits per heavy atom. The van der Waals surface area contributed by atoms with Crippen molar-refractivity contribution in [1.82, 2.24) is 9.71 Å². The van der Waals surface area contributed by atoms with Gasteiger partial charge in [0.05, 0.1) is 4.90 Å². The summed E-state index contributed by atoms with van der Waals surface area (Å²) in [6.07, 6.45) is 1.97. The molecule has 2 rings (SSSR count). The molecule has 0 saturated heterocycles. The van der Waals surface area contributed by atoms with Gasteiger partial charge in [-0.15, -0.1) is 0 Å². The van der Waals surface area contributed by atoms with Crippen molar-refractivity contribution in [3.05, 3.63) is 58.3 Å². The van der Waals surface area contributed by atoms with E-state index in [0.717, 1.165) is 5.56 Å². The number of hydrogen-bond donors (Lipinski definition) is 1. The summed E-state index contributed by atoms with van der Waals surface area (Å²) in [4.78, 5) is 3.87. The molecule has 0 aliphatic carbocycles. The average molecular weight is 345 g/mol. The molecule has 1 N–H and O–H groups in total. The van der Waals surface area contributed by atoms with E-state index in [1.54, 1.807) is 24.3 Å². The Balaban J connectivity index is 2.27. The summed E-state index contributed by atoms with van der Waals surface area (Å²) in [7, 11) is -3.66. The van der Waals surface area contributed by atoms with Crippen LogP contribution in [-0.4, -0.2) is 13.4 Å². The van der Waals surface area contributed by atoms with E-state index in [1.165, 1.54) is 18.3 Å². The normalized spacial score (nSPS) is 13.1. The second-order valence-corrected chi connectivity index (χ2v) is 6.99. The van der Waals surface area contributed by atoms with Gasteiger partial charge in [-0.3, -0.25) is 0 Å². The molecule has 1 atom stereocenters. The highest BCUT2D eigenvalue weighted by Gasteiger charge is 2.20. The first-order valence-corrected chi connectivity index (χ1v) is 8.55. The van der Waals surface area contributed by atoms with Crippen LogP contribution in [0.2, 0.25) is 10.2 Å². The number of pyridine rings is 1. The van der Waals surface area contributed by atoms with Crippen molar-refractivity contribution in [1.29, 1.82) is 0 Å². The van der Waals surface area contributed by atoms with Crippen LogP contribution in [0.4, 0.5) is 0 Å². The van der Waals surface area contributed by atoms with E-state index in [4.69, 9.17) is 23.2 Å². The van der Waals surface area contributed by atoms with Gasteiger partial charge >= 0.3 is 0 Å². The fourth-order valence-electron chi connectivity index (χ4n) is 1.89. The van der Waals surface area contributed by atoms with Crippen molar-refractivity contribution in [2.75, 3.05) is 0 Å². The zero-order valence-electron chi connectivity index (χ0n) is 11.3. The van der Waals surface area contributed by atoms with Crippen molar-refractivity contribution in [2.24, 2.45) is 0 Å². The van der Waals surface area contributed by atoms with Gasteiger partial charge in [0.1, 0.15) is 5.15 Å². The monoisotopic (exact) mass is 344 g/mol. The maximum Gasteiger partial charge on any atom is 0.241 e. The molecule has 1 heterocycles. The zero-order chi connectivity index (χ0) is 15.5. The largest absolute Gasteiger partial charge is 0.244 e. The van der Waals surface area contributed by atoms with Gasteiger partial charge in [0.25, 0.3) is 0 Å². The highest BCUT2D eigenvalue weighted by molar-refractivity contribution is 7.89. The topological polar surface area (TPSA) is 59.1 Å². The Kier molecular flexibility index (Phi) is 5.22. The van der Waals surface area contributed by atoms with Crippen molar-refractivity contribution in [3.63, 3.8) is 0 Å². The summed E-state index contributed by atoms with van der Waals surface area (Å²) in [5, 5.41) is 0.745. The molecule has 4 nitrogen and oxygen atoms in total. The Labute approximate surface area is 134 Å². The lowest BCUT2D eigenvalue weighted by Crippen LogP contribution is -2.28. The number of hydrogen-bond acceptors (Lipinski definition) is 3. The Morgan fingerprint density at radius 3 is 2.43 bits per heavy atom. The number of nitrogens with one attached hydrogen (secondary N) is 1. The molecule has 1 aromatic heterocycles. The SMILES string of the molecule is CCC(NS(=O)(=O)c1ccnc(Cl)c1)c1ccc(Cl)cc1. The minimum atomic E-state index is -3.66. The van der Waals surface area contributed by atoms with Crippen LogP contribution in [-0.2, 0) is 10.0 Å². The lowest BCUT2D eigenvalue weighted by molar-refractivity contribution is 0.550. The Morgan fingerprint density at radius 1 is 1.19 bits per heavy atom. The summed E-state index contributed by atoms with van der Waals surface area (Å²) >= 11 is 11.6. The van der Waals surface area contributed by atoms with Crippen LogP contribution < -0.4 is 4.72 Å². The van der Waals surface area contributed by atoms with E-state index in [2.05, 4.69) is 9.71 Å². The lowest BCUT2D eigenvalue weighted by atomic mass is 10.1. The van der Waals surface area contributed by atoms with Crippen LogP contribution in [0.15, 0.2) is 47.5 Å². The third-order valence-electron chi connectivity index (χ3n) is 2.99. The Bertz CT molecular complexity index is 718. The minimum absolute atomic E-state index is 0.0925. The molecule has 1 unspecified atom stereocenters. The molecule has 2 aromatic rings. The van der Waals surface area contributed by atoms with Gasteiger partial charge in [-0.1, -0.05) is 42.3 Å². The summed E-state index contributed by atoms with van der Waals surface area (Å²) < 4.78 is 27.4. The molecule has 0 aliphatic heterocycles. The number of rotatable bonds is 5. The first kappa shape index (κ1) is 16.2. The summed E-state index contributed by atoms with van der Waals surface area (Å²) in [5.41, 5.74) is 0.852. The molecule has 0 amide bonds. The van der Waals surface area contributed by atoms with E-state index in [-0.39, 0.29) is 16.1 Å². The van der Waals surface area contributed by atoms with Crippen molar-refractivity contribution in [3.8, 4) is 0 Å². The van der Waals surface area contributed by atoms with Gasteiger partial charge in [-0.2, -0.15) is 0 Å². The second-order valence-electron chi connectivity index (χ2n) is 4.45. The number of halogens is 2. The molecule has 0 spiro atoms. The molecule has 0 radical (unpaired) electrons. The molecule has 0 aliphatic rings. The van der Waals surface area contributed by atoms with Crippen molar-refractivity contribution in [2.45, 2.75) is 24.3 Å². The predicted octanol–water partition coefficient (Wildman–Crippen LogP) is 3.82. The lowest BCUT2D eigenvalue weighted by Gasteiger charge is -2.17. The molecule has 0 saturated carbocycles. The highest BCUT2D eigenvalue weighted by Crippen LogP contribution is 2.22. The number of benzene rings is 1. The first-order valence-electron chi connectivity index (χ1n) is 6.31. The maximum atomic E-state index is 12.4. The molecule has 0 fully saturated rings. The van der Waals surface area contributed by atoms with Crippen molar-refractivity contribution >= 4 is 33.2 Å². The molecular weight excluding hydrogens is 331 g/mol. The van der Waals surface area contributed by atoms with Gasteiger partial charge in [-0.25, -0.2) is 18.1 Å². The molecule has 7 heteroatoms. The fraction of sp³-hybridized carbons (Fsp3) is 0.214. The quantitative estimate of drug-likeness (QED) is 0.838. The Hall–Kier alpha value is -1.14. The van der Waals surface area contributed by atoms with Crippen molar-refractivity contribution < 1.29 is 8.42 Å². The van der Waals surface area contributed by atoms with Gasteiger partial charge in [-0.05, 0) is 36.2 Å². The van der Waals surface area contributed by atoms with E-state index in [0.29, 0.717) is 11.4 Å². The van der Waals surface area contributed by atoms with Crippen LogP contribution in [0, 0.1) is 0 Å². The van der Waals surface area contributed by atoms with E-state index < -0.39 is 10.0 Å². The zero-order valence-corrected chi connectivity index (χ0v) is 13.6. The summed E-state index contributed by atoms with van der Waals surface area (Å²) in [6.45, 7) is 1.90. The summed E-state index contributed by atoms with van der Waals surface area (Å²) in [5.74, 6) is 0. The first-order chi connectivity index (χ1) is 9.92.